The molecule has 0 bridgehead atoms. The molecule has 1 unspecified atom stereocenters. The lowest BCUT2D eigenvalue weighted by Gasteiger charge is -2.15. The zero-order valence-electron chi connectivity index (χ0n) is 13.0. The van der Waals surface area contributed by atoms with Crippen molar-refractivity contribution in [3.05, 3.63) is 61.2 Å². The van der Waals surface area contributed by atoms with E-state index in [1.807, 2.05) is 59.8 Å². The standard InChI is InChI=1S/C18H18N4O/c1-14(7-11-21-10-4-8-20-21)22-12-9-19-18(22)17-13-15-5-2-3-6-16(15)23-17/h2-6,8-10,12-14H,7,11H2,1H3. The van der Waals surface area contributed by atoms with Crippen molar-refractivity contribution in [1.29, 1.82) is 0 Å². The molecule has 0 spiro atoms. The molecule has 0 saturated carbocycles. The Balaban J connectivity index is 1.59. The molecule has 0 fully saturated rings. The summed E-state index contributed by atoms with van der Waals surface area (Å²) in [7, 11) is 0. The van der Waals surface area contributed by atoms with Gasteiger partial charge in [-0.25, -0.2) is 4.98 Å². The van der Waals surface area contributed by atoms with Gasteiger partial charge in [-0.1, -0.05) is 18.2 Å². The maximum Gasteiger partial charge on any atom is 0.176 e. The summed E-state index contributed by atoms with van der Waals surface area (Å²) in [5.74, 6) is 1.68. The molecule has 4 rings (SSSR count). The predicted molar refractivity (Wildman–Crippen MR) is 89.0 cm³/mol. The number of hydrogen-bond donors (Lipinski definition) is 0. The second kappa shape index (κ2) is 5.76. The van der Waals surface area contributed by atoms with E-state index in [1.54, 1.807) is 0 Å². The highest BCUT2D eigenvalue weighted by Crippen LogP contribution is 2.28. The summed E-state index contributed by atoms with van der Waals surface area (Å²) in [6, 6.07) is 12.3. The van der Waals surface area contributed by atoms with Gasteiger partial charge in [0, 0.05) is 42.8 Å². The summed E-state index contributed by atoms with van der Waals surface area (Å²) >= 11 is 0. The first-order chi connectivity index (χ1) is 11.3. The highest BCUT2D eigenvalue weighted by atomic mass is 16.3. The molecular formula is C18H18N4O. The van der Waals surface area contributed by atoms with Gasteiger partial charge in [0.15, 0.2) is 11.6 Å². The van der Waals surface area contributed by atoms with E-state index >= 15 is 0 Å². The molecule has 116 valence electrons. The third-order valence-electron chi connectivity index (χ3n) is 4.12. The minimum atomic E-state index is 0.310. The number of aryl methyl sites for hydroxylation is 1. The number of rotatable bonds is 5. The van der Waals surface area contributed by atoms with Gasteiger partial charge in [0.05, 0.1) is 0 Å². The van der Waals surface area contributed by atoms with Crippen molar-refractivity contribution in [2.45, 2.75) is 25.9 Å². The highest BCUT2D eigenvalue weighted by Gasteiger charge is 2.15. The predicted octanol–water partition coefficient (Wildman–Crippen LogP) is 4.14. The molecule has 0 N–H and O–H groups in total. The van der Waals surface area contributed by atoms with Crippen molar-refractivity contribution in [1.82, 2.24) is 19.3 Å². The van der Waals surface area contributed by atoms with Crippen molar-refractivity contribution < 1.29 is 4.42 Å². The third kappa shape index (κ3) is 2.65. The molecule has 3 heterocycles. The molecule has 0 aliphatic heterocycles. The van der Waals surface area contributed by atoms with Crippen LogP contribution in [0, 0.1) is 0 Å². The van der Waals surface area contributed by atoms with Crippen molar-refractivity contribution in [2.75, 3.05) is 0 Å². The fourth-order valence-corrected chi connectivity index (χ4v) is 2.84. The molecule has 0 saturated heterocycles. The summed E-state index contributed by atoms with van der Waals surface area (Å²) < 4.78 is 10.1. The van der Waals surface area contributed by atoms with E-state index in [-0.39, 0.29) is 0 Å². The summed E-state index contributed by atoms with van der Waals surface area (Å²) in [5.41, 5.74) is 0.890. The average Bonchev–Trinajstić information content (AvgIpc) is 3.31. The maximum absolute atomic E-state index is 5.95. The molecule has 23 heavy (non-hydrogen) atoms. The molecule has 0 radical (unpaired) electrons. The van der Waals surface area contributed by atoms with Crippen LogP contribution in [0.1, 0.15) is 19.4 Å². The van der Waals surface area contributed by atoms with Gasteiger partial charge in [0.1, 0.15) is 5.58 Å². The minimum absolute atomic E-state index is 0.310. The van der Waals surface area contributed by atoms with Crippen LogP contribution in [-0.4, -0.2) is 19.3 Å². The fourth-order valence-electron chi connectivity index (χ4n) is 2.84. The summed E-state index contributed by atoms with van der Waals surface area (Å²) in [4.78, 5) is 4.49. The second-order valence-electron chi connectivity index (χ2n) is 5.71. The molecule has 1 atom stereocenters. The van der Waals surface area contributed by atoms with Crippen LogP contribution in [0.4, 0.5) is 0 Å². The lowest BCUT2D eigenvalue weighted by molar-refractivity contribution is 0.446. The van der Waals surface area contributed by atoms with Crippen molar-refractivity contribution in [3.8, 4) is 11.6 Å². The van der Waals surface area contributed by atoms with E-state index in [2.05, 4.69) is 27.6 Å². The van der Waals surface area contributed by atoms with Crippen LogP contribution in [0.2, 0.25) is 0 Å². The number of imidazole rings is 1. The Morgan fingerprint density at radius 3 is 2.87 bits per heavy atom. The Labute approximate surface area is 134 Å². The topological polar surface area (TPSA) is 48.8 Å². The Bertz CT molecular complexity index is 871. The van der Waals surface area contributed by atoms with Gasteiger partial charge in [0.2, 0.25) is 0 Å². The zero-order chi connectivity index (χ0) is 15.6. The third-order valence-corrected chi connectivity index (χ3v) is 4.12. The normalized spacial score (nSPS) is 12.7. The summed E-state index contributed by atoms with van der Waals surface area (Å²) in [5, 5.41) is 5.35. The van der Waals surface area contributed by atoms with Gasteiger partial charge in [0.25, 0.3) is 0 Å². The number of fused-ring (bicyclic) bond motifs is 1. The monoisotopic (exact) mass is 306 g/mol. The van der Waals surface area contributed by atoms with Crippen LogP contribution in [0.5, 0.6) is 0 Å². The van der Waals surface area contributed by atoms with Crippen LogP contribution in [0.3, 0.4) is 0 Å². The van der Waals surface area contributed by atoms with Gasteiger partial charge >= 0.3 is 0 Å². The molecule has 5 nitrogen and oxygen atoms in total. The van der Waals surface area contributed by atoms with Gasteiger partial charge < -0.3 is 8.98 Å². The van der Waals surface area contributed by atoms with Crippen molar-refractivity contribution in [2.24, 2.45) is 0 Å². The van der Waals surface area contributed by atoms with Crippen LogP contribution in [0.25, 0.3) is 22.6 Å². The first kappa shape index (κ1) is 13.8. The van der Waals surface area contributed by atoms with Crippen LogP contribution < -0.4 is 0 Å². The van der Waals surface area contributed by atoms with E-state index in [0.29, 0.717) is 6.04 Å². The smallest absolute Gasteiger partial charge is 0.176 e. The number of nitrogens with zero attached hydrogens (tertiary/aromatic N) is 4. The summed E-state index contributed by atoms with van der Waals surface area (Å²) in [6.07, 6.45) is 8.61. The van der Waals surface area contributed by atoms with E-state index in [1.165, 1.54) is 0 Å². The zero-order valence-corrected chi connectivity index (χ0v) is 13.0. The quantitative estimate of drug-likeness (QED) is 0.556. The van der Waals surface area contributed by atoms with Crippen molar-refractivity contribution >= 4 is 11.0 Å². The minimum Gasteiger partial charge on any atom is -0.453 e. The Kier molecular flexibility index (Phi) is 3.46. The lowest BCUT2D eigenvalue weighted by atomic mass is 10.2. The van der Waals surface area contributed by atoms with Crippen LogP contribution in [0.15, 0.2) is 65.6 Å². The van der Waals surface area contributed by atoms with Crippen molar-refractivity contribution in [3.63, 3.8) is 0 Å². The molecule has 4 aromatic rings. The van der Waals surface area contributed by atoms with E-state index < -0.39 is 0 Å². The molecule has 0 aliphatic rings. The van der Waals surface area contributed by atoms with Crippen LogP contribution in [-0.2, 0) is 6.54 Å². The fraction of sp³-hybridized carbons (Fsp3) is 0.222. The van der Waals surface area contributed by atoms with E-state index in [4.69, 9.17) is 4.42 Å². The number of hydrogen-bond acceptors (Lipinski definition) is 3. The maximum atomic E-state index is 5.95. The first-order valence-electron chi connectivity index (χ1n) is 7.80. The molecular weight excluding hydrogens is 288 g/mol. The van der Waals surface area contributed by atoms with Gasteiger partial charge in [-0.2, -0.15) is 5.10 Å². The first-order valence-corrected chi connectivity index (χ1v) is 7.80. The Morgan fingerprint density at radius 2 is 2.04 bits per heavy atom. The van der Waals surface area contributed by atoms with E-state index in [0.717, 1.165) is 35.5 Å². The Hall–Kier alpha value is -2.82. The average molecular weight is 306 g/mol. The molecule has 0 aliphatic carbocycles. The lowest BCUT2D eigenvalue weighted by Crippen LogP contribution is -2.10. The molecule has 3 aromatic heterocycles. The number of benzene rings is 1. The SMILES string of the molecule is CC(CCn1cccn1)n1ccnc1-c1cc2ccccc2o1. The largest absolute Gasteiger partial charge is 0.453 e. The summed E-state index contributed by atoms with van der Waals surface area (Å²) in [6.45, 7) is 3.07. The number of aromatic nitrogens is 4. The van der Waals surface area contributed by atoms with Gasteiger partial charge in [-0.05, 0) is 31.5 Å². The molecule has 1 aromatic carbocycles. The second-order valence-corrected chi connectivity index (χ2v) is 5.71. The van der Waals surface area contributed by atoms with Gasteiger partial charge in [-0.3, -0.25) is 4.68 Å². The van der Waals surface area contributed by atoms with Gasteiger partial charge in [-0.15, -0.1) is 0 Å². The number of para-hydroxylation sites is 1. The van der Waals surface area contributed by atoms with Crippen LogP contribution >= 0.6 is 0 Å². The highest BCUT2D eigenvalue weighted by molar-refractivity contribution is 5.81. The van der Waals surface area contributed by atoms with E-state index in [9.17, 15) is 0 Å². The number of furan rings is 1. The molecule has 0 amide bonds. The molecule has 5 heteroatoms. The Morgan fingerprint density at radius 1 is 1.13 bits per heavy atom.